The van der Waals surface area contributed by atoms with Crippen molar-refractivity contribution in [3.05, 3.63) is 48.5 Å². The van der Waals surface area contributed by atoms with Crippen molar-refractivity contribution in [3.63, 3.8) is 0 Å². The van der Waals surface area contributed by atoms with Gasteiger partial charge in [-0.15, -0.1) is 0 Å². The number of carbonyl (C=O) groups excluding carboxylic acids is 1. The van der Waals surface area contributed by atoms with Gasteiger partial charge in [-0.25, -0.2) is 9.78 Å². The first-order chi connectivity index (χ1) is 13.7. The highest BCUT2D eigenvalue weighted by atomic mass is 16.2. The van der Waals surface area contributed by atoms with Crippen molar-refractivity contribution in [1.29, 1.82) is 0 Å². The van der Waals surface area contributed by atoms with Crippen molar-refractivity contribution < 1.29 is 4.79 Å². The van der Waals surface area contributed by atoms with Crippen LogP contribution in [0.4, 0.5) is 4.79 Å². The highest BCUT2D eigenvalue weighted by Gasteiger charge is 2.27. The summed E-state index contributed by atoms with van der Waals surface area (Å²) in [7, 11) is 0. The first kappa shape index (κ1) is 19.0. The molecule has 0 unspecified atom stereocenters. The predicted octanol–water partition coefficient (Wildman–Crippen LogP) is 3.64. The van der Waals surface area contributed by atoms with Gasteiger partial charge in [-0.05, 0) is 50.3 Å². The largest absolute Gasteiger partial charge is 0.335 e. The molecule has 2 amide bonds. The number of benzene rings is 1. The Morgan fingerprint density at radius 3 is 2.68 bits per heavy atom. The van der Waals surface area contributed by atoms with E-state index < -0.39 is 0 Å². The standard InChI is InChI=1S/C22H31N5O/c1-17(18-5-4-8-21(15-18)27-14-11-23-16-27)24-22(28)25-19-9-12-26(13-10-19)20-6-2-3-7-20/h4-5,8,11,14-17,19-20H,2-3,6-7,9-10,12-13H2,1H3,(H2,24,25,28)/t17-/m0/s1. The van der Waals surface area contributed by atoms with Crippen molar-refractivity contribution in [2.45, 2.75) is 63.6 Å². The zero-order valence-electron chi connectivity index (χ0n) is 16.7. The summed E-state index contributed by atoms with van der Waals surface area (Å²) in [4.78, 5) is 19.2. The number of imidazole rings is 1. The van der Waals surface area contributed by atoms with Crippen molar-refractivity contribution >= 4 is 6.03 Å². The molecule has 0 bridgehead atoms. The summed E-state index contributed by atoms with van der Waals surface area (Å²) < 4.78 is 1.97. The number of aromatic nitrogens is 2. The van der Waals surface area contributed by atoms with Crippen LogP contribution in [0.3, 0.4) is 0 Å². The number of piperidine rings is 1. The molecule has 6 nitrogen and oxygen atoms in total. The zero-order chi connectivity index (χ0) is 19.3. The quantitative estimate of drug-likeness (QED) is 0.831. The minimum absolute atomic E-state index is 0.0537. The number of carbonyl (C=O) groups is 1. The molecule has 1 aliphatic heterocycles. The van der Waals surface area contributed by atoms with E-state index in [0.29, 0.717) is 0 Å². The summed E-state index contributed by atoms with van der Waals surface area (Å²) in [6.07, 6.45) is 13.0. The molecule has 2 N–H and O–H groups in total. The van der Waals surface area contributed by atoms with Gasteiger partial charge in [0.25, 0.3) is 0 Å². The van der Waals surface area contributed by atoms with Crippen LogP contribution in [0.15, 0.2) is 43.0 Å². The second-order valence-electron chi connectivity index (χ2n) is 8.15. The molecule has 2 aliphatic rings. The van der Waals surface area contributed by atoms with Gasteiger partial charge in [0.1, 0.15) is 0 Å². The second-order valence-corrected chi connectivity index (χ2v) is 8.15. The third-order valence-electron chi connectivity index (χ3n) is 6.23. The Morgan fingerprint density at radius 1 is 1.18 bits per heavy atom. The number of amides is 2. The van der Waals surface area contributed by atoms with E-state index in [2.05, 4.69) is 26.6 Å². The second kappa shape index (κ2) is 8.78. The molecule has 1 saturated carbocycles. The van der Waals surface area contributed by atoms with E-state index >= 15 is 0 Å². The molecule has 2 heterocycles. The van der Waals surface area contributed by atoms with Crippen molar-refractivity contribution in [2.24, 2.45) is 0 Å². The van der Waals surface area contributed by atoms with Crippen LogP contribution >= 0.6 is 0 Å². The van der Waals surface area contributed by atoms with Crippen molar-refractivity contribution in [3.8, 4) is 5.69 Å². The maximum Gasteiger partial charge on any atom is 0.315 e. The van der Waals surface area contributed by atoms with Gasteiger partial charge in [-0.2, -0.15) is 0 Å². The number of urea groups is 1. The van der Waals surface area contributed by atoms with Gasteiger partial charge in [-0.3, -0.25) is 0 Å². The normalized spacial score (nSPS) is 20.2. The number of nitrogens with zero attached hydrogens (tertiary/aromatic N) is 3. The fourth-order valence-corrected chi connectivity index (χ4v) is 4.55. The van der Waals surface area contributed by atoms with E-state index in [1.165, 1.54) is 25.7 Å². The number of hydrogen-bond donors (Lipinski definition) is 2. The molecular formula is C22H31N5O. The molecule has 1 aromatic carbocycles. The van der Waals surface area contributed by atoms with Gasteiger partial charge in [0, 0.05) is 43.3 Å². The fourth-order valence-electron chi connectivity index (χ4n) is 4.55. The van der Waals surface area contributed by atoms with Gasteiger partial charge >= 0.3 is 6.03 Å². The molecule has 1 aliphatic carbocycles. The van der Waals surface area contributed by atoms with Crippen LogP contribution in [-0.2, 0) is 0 Å². The monoisotopic (exact) mass is 381 g/mol. The van der Waals surface area contributed by atoms with Gasteiger partial charge in [0.2, 0.25) is 0 Å². The van der Waals surface area contributed by atoms with E-state index in [-0.39, 0.29) is 18.1 Å². The molecule has 1 atom stereocenters. The number of rotatable bonds is 5. The van der Waals surface area contributed by atoms with Crippen molar-refractivity contribution in [2.75, 3.05) is 13.1 Å². The SMILES string of the molecule is C[C@H](NC(=O)NC1CCN(C2CCCC2)CC1)c1cccc(-n2ccnc2)c1. The number of hydrogen-bond acceptors (Lipinski definition) is 3. The van der Waals surface area contributed by atoms with Gasteiger partial charge < -0.3 is 20.1 Å². The molecule has 2 fully saturated rings. The molecular weight excluding hydrogens is 350 g/mol. The van der Waals surface area contributed by atoms with Crippen LogP contribution < -0.4 is 10.6 Å². The van der Waals surface area contributed by atoms with E-state index in [9.17, 15) is 4.79 Å². The van der Waals surface area contributed by atoms with Crippen LogP contribution in [0.5, 0.6) is 0 Å². The van der Waals surface area contributed by atoms with E-state index in [4.69, 9.17) is 0 Å². The maximum atomic E-state index is 12.5. The topological polar surface area (TPSA) is 62.2 Å². The summed E-state index contributed by atoms with van der Waals surface area (Å²) in [6, 6.07) is 9.13. The summed E-state index contributed by atoms with van der Waals surface area (Å²) >= 11 is 0. The molecule has 6 heteroatoms. The Kier molecular flexibility index (Phi) is 5.95. The highest BCUT2D eigenvalue weighted by Crippen LogP contribution is 2.26. The first-order valence-electron chi connectivity index (χ1n) is 10.6. The third kappa shape index (κ3) is 4.55. The highest BCUT2D eigenvalue weighted by molar-refractivity contribution is 5.74. The smallest absolute Gasteiger partial charge is 0.315 e. The van der Waals surface area contributed by atoms with E-state index in [0.717, 1.165) is 43.2 Å². The maximum absolute atomic E-state index is 12.5. The lowest BCUT2D eigenvalue weighted by Gasteiger charge is -2.36. The minimum atomic E-state index is -0.0696. The molecule has 1 aromatic heterocycles. The van der Waals surface area contributed by atoms with Gasteiger partial charge in [0.15, 0.2) is 0 Å². The molecule has 1 saturated heterocycles. The zero-order valence-corrected chi connectivity index (χ0v) is 16.7. The van der Waals surface area contributed by atoms with Crippen LogP contribution in [0.25, 0.3) is 5.69 Å². The Balaban J connectivity index is 1.26. The average molecular weight is 382 g/mol. The molecule has 4 rings (SSSR count). The Hall–Kier alpha value is -2.34. The molecule has 2 aromatic rings. The van der Waals surface area contributed by atoms with Crippen LogP contribution in [0, 0.1) is 0 Å². The Labute approximate surface area is 167 Å². The molecule has 0 spiro atoms. The third-order valence-corrected chi connectivity index (χ3v) is 6.23. The fraction of sp³-hybridized carbons (Fsp3) is 0.545. The lowest BCUT2D eigenvalue weighted by atomic mass is 10.0. The van der Waals surface area contributed by atoms with Crippen LogP contribution in [0.1, 0.15) is 57.1 Å². The van der Waals surface area contributed by atoms with Crippen LogP contribution in [-0.4, -0.2) is 45.7 Å². The van der Waals surface area contributed by atoms with Crippen LogP contribution in [0.2, 0.25) is 0 Å². The number of nitrogens with one attached hydrogen (secondary N) is 2. The van der Waals surface area contributed by atoms with Crippen molar-refractivity contribution in [1.82, 2.24) is 25.1 Å². The summed E-state index contributed by atoms with van der Waals surface area (Å²) in [6.45, 7) is 4.24. The minimum Gasteiger partial charge on any atom is -0.335 e. The van der Waals surface area contributed by atoms with Gasteiger partial charge in [-0.1, -0.05) is 25.0 Å². The summed E-state index contributed by atoms with van der Waals surface area (Å²) in [5.41, 5.74) is 2.13. The lowest BCUT2D eigenvalue weighted by molar-refractivity contribution is 0.145. The van der Waals surface area contributed by atoms with Gasteiger partial charge in [0.05, 0.1) is 12.4 Å². The van der Waals surface area contributed by atoms with E-state index in [1.807, 2.05) is 35.9 Å². The first-order valence-corrected chi connectivity index (χ1v) is 10.6. The molecule has 0 radical (unpaired) electrons. The number of likely N-dealkylation sites (tertiary alicyclic amines) is 1. The molecule has 150 valence electrons. The Morgan fingerprint density at radius 2 is 1.96 bits per heavy atom. The Bertz CT molecular complexity index is 761. The average Bonchev–Trinajstić information content (AvgIpc) is 3.43. The summed E-state index contributed by atoms with van der Waals surface area (Å²) in [5.74, 6) is 0. The predicted molar refractivity (Wildman–Crippen MR) is 110 cm³/mol. The summed E-state index contributed by atoms with van der Waals surface area (Å²) in [5, 5.41) is 6.27. The van der Waals surface area contributed by atoms with E-state index in [1.54, 1.807) is 12.5 Å². The lowest BCUT2D eigenvalue weighted by Crippen LogP contribution is -2.50. The molecule has 28 heavy (non-hydrogen) atoms.